The van der Waals surface area contributed by atoms with E-state index in [4.69, 9.17) is 5.11 Å². The van der Waals surface area contributed by atoms with Crippen molar-refractivity contribution in [2.45, 2.75) is 6.92 Å². The van der Waals surface area contributed by atoms with Crippen LogP contribution >= 0.6 is 15.9 Å². The van der Waals surface area contributed by atoms with E-state index >= 15 is 0 Å². The van der Waals surface area contributed by atoms with Crippen LogP contribution in [0, 0.1) is 6.92 Å². The van der Waals surface area contributed by atoms with Gasteiger partial charge < -0.3 is 5.11 Å². The molecule has 5 heteroatoms. The van der Waals surface area contributed by atoms with Crippen LogP contribution in [0.15, 0.2) is 10.9 Å². The summed E-state index contributed by atoms with van der Waals surface area (Å²) in [5, 5.41) is 8.58. The highest BCUT2D eigenvalue weighted by Crippen LogP contribution is 2.07. The largest absolute Gasteiger partial charge is 0.476 e. The monoisotopic (exact) mass is 216 g/mol. The number of hydrogen-bond acceptors (Lipinski definition) is 3. The molecule has 0 saturated carbocycles. The van der Waals surface area contributed by atoms with Crippen molar-refractivity contribution in [3.63, 3.8) is 0 Å². The lowest BCUT2D eigenvalue weighted by Gasteiger charge is -1.97. The summed E-state index contributed by atoms with van der Waals surface area (Å²) >= 11 is 2.98. The molecule has 0 unspecified atom stereocenters. The Morgan fingerprint density at radius 2 is 2.36 bits per heavy atom. The number of carbonyl (C=O) groups is 1. The number of rotatable bonds is 1. The summed E-state index contributed by atoms with van der Waals surface area (Å²) in [5.74, 6) is -1.04. The van der Waals surface area contributed by atoms with Crippen LogP contribution in [-0.2, 0) is 0 Å². The van der Waals surface area contributed by atoms with Crippen molar-refractivity contribution in [2.24, 2.45) is 0 Å². The highest BCUT2D eigenvalue weighted by molar-refractivity contribution is 9.10. The molecule has 0 aromatic carbocycles. The minimum atomic E-state index is -1.04. The maximum Gasteiger partial charge on any atom is 0.354 e. The maximum absolute atomic E-state index is 10.5. The van der Waals surface area contributed by atoms with Crippen LogP contribution in [-0.4, -0.2) is 21.0 Å². The number of hydrogen-bond donors (Lipinski definition) is 1. The molecule has 0 atom stereocenters. The minimum Gasteiger partial charge on any atom is -0.476 e. The summed E-state index contributed by atoms with van der Waals surface area (Å²) in [4.78, 5) is 17.9. The summed E-state index contributed by atoms with van der Waals surface area (Å²) < 4.78 is 0.292. The number of carboxylic acids is 1. The first-order valence-electron chi connectivity index (χ1n) is 2.83. The van der Waals surface area contributed by atoms with Gasteiger partial charge in [0.2, 0.25) is 0 Å². The third-order valence-electron chi connectivity index (χ3n) is 1.14. The molecule has 11 heavy (non-hydrogen) atoms. The van der Waals surface area contributed by atoms with Crippen LogP contribution in [0.3, 0.4) is 0 Å². The SMILES string of the molecule is Cc1cnc(Br)nc1C(=O)O. The molecule has 1 N–H and O–H groups in total. The molecular formula is C6H5BrN2O2. The van der Waals surface area contributed by atoms with Crippen molar-refractivity contribution in [1.29, 1.82) is 0 Å². The molecule has 1 heterocycles. The molecule has 4 nitrogen and oxygen atoms in total. The van der Waals surface area contributed by atoms with E-state index < -0.39 is 5.97 Å². The fraction of sp³-hybridized carbons (Fsp3) is 0.167. The molecule has 1 aromatic rings. The van der Waals surface area contributed by atoms with Crippen molar-refractivity contribution in [3.8, 4) is 0 Å². The van der Waals surface area contributed by atoms with Crippen molar-refractivity contribution in [3.05, 3.63) is 22.2 Å². The van der Waals surface area contributed by atoms with E-state index in [-0.39, 0.29) is 5.69 Å². The van der Waals surface area contributed by atoms with Gasteiger partial charge >= 0.3 is 5.97 Å². The molecule has 0 aliphatic heterocycles. The van der Waals surface area contributed by atoms with Crippen LogP contribution in [0.2, 0.25) is 0 Å². The molecule has 0 bridgehead atoms. The molecule has 1 rings (SSSR count). The zero-order chi connectivity index (χ0) is 8.43. The molecule has 0 radical (unpaired) electrons. The predicted octanol–water partition coefficient (Wildman–Crippen LogP) is 1.25. The molecule has 0 amide bonds. The lowest BCUT2D eigenvalue weighted by molar-refractivity contribution is 0.0689. The summed E-state index contributed by atoms with van der Waals surface area (Å²) in [7, 11) is 0. The number of aromatic carboxylic acids is 1. The second kappa shape index (κ2) is 2.96. The summed E-state index contributed by atoms with van der Waals surface area (Å²) in [6.45, 7) is 1.65. The van der Waals surface area contributed by atoms with E-state index in [1.807, 2.05) is 0 Å². The van der Waals surface area contributed by atoms with Gasteiger partial charge in [0, 0.05) is 11.8 Å². The van der Waals surface area contributed by atoms with Crippen LogP contribution in [0.25, 0.3) is 0 Å². The summed E-state index contributed by atoms with van der Waals surface area (Å²) in [5.41, 5.74) is 0.590. The second-order valence-corrected chi connectivity index (χ2v) is 2.69. The van der Waals surface area contributed by atoms with Crippen LogP contribution in [0.5, 0.6) is 0 Å². The first-order valence-corrected chi connectivity index (χ1v) is 3.63. The second-order valence-electron chi connectivity index (χ2n) is 1.98. The van der Waals surface area contributed by atoms with E-state index in [1.165, 1.54) is 6.20 Å². The first-order chi connectivity index (χ1) is 5.11. The van der Waals surface area contributed by atoms with Crippen molar-refractivity contribution in [1.82, 2.24) is 9.97 Å². The van der Waals surface area contributed by atoms with Gasteiger partial charge in [0.05, 0.1) is 0 Å². The van der Waals surface area contributed by atoms with Gasteiger partial charge in [-0.15, -0.1) is 0 Å². The predicted molar refractivity (Wildman–Crippen MR) is 41.4 cm³/mol. The average Bonchev–Trinajstić information content (AvgIpc) is 1.94. The van der Waals surface area contributed by atoms with Gasteiger partial charge in [0.25, 0.3) is 0 Å². The van der Waals surface area contributed by atoms with E-state index in [0.29, 0.717) is 10.3 Å². The Labute approximate surface area is 71.4 Å². The Hall–Kier alpha value is -0.970. The highest BCUT2D eigenvalue weighted by Gasteiger charge is 2.08. The van der Waals surface area contributed by atoms with Crippen molar-refractivity contribution in [2.75, 3.05) is 0 Å². The standard InChI is InChI=1S/C6H5BrN2O2/c1-3-2-8-6(7)9-4(3)5(10)11/h2H,1H3,(H,10,11). The zero-order valence-corrected chi connectivity index (χ0v) is 7.29. The van der Waals surface area contributed by atoms with Crippen molar-refractivity contribution >= 4 is 21.9 Å². The molecule has 0 aliphatic rings. The minimum absolute atomic E-state index is 0.0341. The Balaban J connectivity index is 3.23. The quantitative estimate of drug-likeness (QED) is 0.719. The Morgan fingerprint density at radius 1 is 1.73 bits per heavy atom. The van der Waals surface area contributed by atoms with Crippen LogP contribution < -0.4 is 0 Å². The van der Waals surface area contributed by atoms with Crippen molar-refractivity contribution < 1.29 is 9.90 Å². The Bertz CT molecular complexity index is 301. The number of carboxylic acid groups (broad SMARTS) is 1. The van der Waals surface area contributed by atoms with Gasteiger partial charge in [-0.1, -0.05) is 0 Å². The van der Waals surface area contributed by atoms with E-state index in [2.05, 4.69) is 25.9 Å². The van der Waals surface area contributed by atoms with Gasteiger partial charge in [-0.25, -0.2) is 14.8 Å². The maximum atomic E-state index is 10.5. The first kappa shape index (κ1) is 8.13. The van der Waals surface area contributed by atoms with Crippen LogP contribution in [0.4, 0.5) is 0 Å². The van der Waals surface area contributed by atoms with Crippen LogP contribution in [0.1, 0.15) is 16.1 Å². The van der Waals surface area contributed by atoms with E-state index in [0.717, 1.165) is 0 Å². The van der Waals surface area contributed by atoms with Gasteiger partial charge in [-0.05, 0) is 22.9 Å². The number of aromatic nitrogens is 2. The molecule has 0 fully saturated rings. The molecule has 1 aromatic heterocycles. The average molecular weight is 217 g/mol. The third-order valence-corrected chi connectivity index (χ3v) is 1.53. The lowest BCUT2D eigenvalue weighted by Crippen LogP contribution is -2.04. The molecule has 0 spiro atoms. The van der Waals surface area contributed by atoms with Gasteiger partial charge in [-0.2, -0.15) is 0 Å². The third kappa shape index (κ3) is 1.74. The molecule has 58 valence electrons. The Morgan fingerprint density at radius 3 is 2.82 bits per heavy atom. The van der Waals surface area contributed by atoms with E-state index in [1.54, 1.807) is 6.92 Å². The lowest BCUT2D eigenvalue weighted by atomic mass is 10.3. The zero-order valence-electron chi connectivity index (χ0n) is 5.71. The Kier molecular flexibility index (Phi) is 2.19. The summed E-state index contributed by atoms with van der Waals surface area (Å²) in [6, 6.07) is 0. The normalized spacial score (nSPS) is 9.64. The summed E-state index contributed by atoms with van der Waals surface area (Å²) in [6.07, 6.45) is 1.46. The van der Waals surface area contributed by atoms with Gasteiger partial charge in [0.1, 0.15) is 0 Å². The number of nitrogens with zero attached hydrogens (tertiary/aromatic N) is 2. The molecular weight excluding hydrogens is 212 g/mol. The number of aryl methyl sites for hydroxylation is 1. The highest BCUT2D eigenvalue weighted by atomic mass is 79.9. The fourth-order valence-electron chi connectivity index (χ4n) is 0.637. The molecule has 0 saturated heterocycles. The topological polar surface area (TPSA) is 63.1 Å². The van der Waals surface area contributed by atoms with Gasteiger partial charge in [-0.3, -0.25) is 0 Å². The fourth-order valence-corrected chi connectivity index (χ4v) is 0.917. The molecule has 0 aliphatic carbocycles. The van der Waals surface area contributed by atoms with Gasteiger partial charge in [0.15, 0.2) is 10.4 Å². The smallest absolute Gasteiger partial charge is 0.354 e. The van der Waals surface area contributed by atoms with E-state index in [9.17, 15) is 4.79 Å². The number of halogens is 1.